The molecule has 0 amide bonds. The van der Waals surface area contributed by atoms with E-state index in [0.717, 1.165) is 38.5 Å². The maximum atomic E-state index is 7.54. The summed E-state index contributed by atoms with van der Waals surface area (Å²) in [5.41, 5.74) is 0. The minimum Gasteiger partial charge on any atom is -0.404 e. The van der Waals surface area contributed by atoms with Crippen LogP contribution in [0.25, 0.3) is 0 Å². The molecule has 2 heterocycles. The van der Waals surface area contributed by atoms with Gasteiger partial charge in [0.1, 0.15) is 0 Å². The molecule has 42 heavy (non-hydrogen) atoms. The molecule has 4 nitrogen and oxygen atoms in total. The van der Waals surface area contributed by atoms with Gasteiger partial charge in [0.25, 0.3) is 8.32 Å². The van der Waals surface area contributed by atoms with Gasteiger partial charge in [-0.25, -0.2) is 0 Å². The van der Waals surface area contributed by atoms with Crippen LogP contribution in [0.15, 0.2) is 86.0 Å². The summed E-state index contributed by atoms with van der Waals surface area (Å²) < 4.78 is 27.2. The summed E-state index contributed by atoms with van der Waals surface area (Å²) in [5.74, 6) is -0.145. The normalized spacial score (nSPS) is 27.2. The summed E-state index contributed by atoms with van der Waals surface area (Å²) in [4.78, 5) is 0. The van der Waals surface area contributed by atoms with Crippen molar-refractivity contribution in [1.29, 1.82) is 0 Å². The van der Waals surface area contributed by atoms with Gasteiger partial charge in [0.15, 0.2) is 5.79 Å². The molecule has 0 N–H and O–H groups in total. The predicted molar refractivity (Wildman–Crippen MR) is 177 cm³/mol. The second kappa shape index (κ2) is 14.2. The number of ether oxygens (including phenoxy) is 3. The van der Waals surface area contributed by atoms with E-state index in [-0.39, 0.29) is 35.6 Å². The molecule has 2 aromatic carbocycles. The van der Waals surface area contributed by atoms with E-state index in [4.69, 9.17) is 18.6 Å². The lowest BCUT2D eigenvalue weighted by Gasteiger charge is -2.47. The van der Waals surface area contributed by atoms with Crippen molar-refractivity contribution in [3.05, 3.63) is 86.0 Å². The molecular formula is C37H54O4Si. The maximum absolute atomic E-state index is 7.54. The Morgan fingerprint density at radius 2 is 1.50 bits per heavy atom. The molecule has 0 saturated carbocycles. The van der Waals surface area contributed by atoms with Crippen LogP contribution in [0.2, 0.25) is 5.04 Å². The molecule has 2 aromatic rings. The first-order valence-electron chi connectivity index (χ1n) is 16.0. The van der Waals surface area contributed by atoms with Crippen LogP contribution >= 0.6 is 0 Å². The van der Waals surface area contributed by atoms with Crippen LogP contribution in [0.1, 0.15) is 86.5 Å². The van der Waals surface area contributed by atoms with E-state index in [0.29, 0.717) is 5.92 Å². The quantitative estimate of drug-likeness (QED) is 0.186. The zero-order valence-corrected chi connectivity index (χ0v) is 27.9. The van der Waals surface area contributed by atoms with E-state index in [1.54, 1.807) is 0 Å². The third kappa shape index (κ3) is 7.92. The highest BCUT2D eigenvalue weighted by Crippen LogP contribution is 2.40. The predicted octanol–water partition coefficient (Wildman–Crippen LogP) is 7.96. The molecule has 2 saturated heterocycles. The van der Waals surface area contributed by atoms with E-state index in [9.17, 15) is 0 Å². The average Bonchev–Trinajstić information content (AvgIpc) is 2.93. The molecule has 6 atom stereocenters. The molecule has 0 aliphatic carbocycles. The van der Waals surface area contributed by atoms with Gasteiger partial charge in [-0.2, -0.15) is 0 Å². The average molecular weight is 591 g/mol. The van der Waals surface area contributed by atoms with Crippen LogP contribution in [0.4, 0.5) is 0 Å². The summed E-state index contributed by atoms with van der Waals surface area (Å²) in [6.07, 6.45) is 11.0. The smallest absolute Gasteiger partial charge is 0.261 e. The Kier molecular flexibility index (Phi) is 11.1. The molecule has 0 unspecified atom stereocenters. The molecule has 0 spiro atoms. The Hall–Kier alpha value is -2.02. The fourth-order valence-corrected chi connectivity index (χ4v) is 11.8. The zero-order chi connectivity index (χ0) is 30.4. The third-order valence-electron chi connectivity index (χ3n) is 9.01. The van der Waals surface area contributed by atoms with Gasteiger partial charge in [-0.05, 0) is 67.3 Å². The van der Waals surface area contributed by atoms with Gasteiger partial charge in [-0.3, -0.25) is 0 Å². The van der Waals surface area contributed by atoms with Crippen LogP contribution in [0.3, 0.4) is 0 Å². The standard InChI is InChI=1S/C37H54O4Si/c1-9-17-29-24-23-28(3)35(38-29)27-32-26-31(39-37(7,8)40-32)25-30(18-10-2)41-42(36(4,5)6,33-19-13-11-14-20-33)34-21-15-12-16-22-34/h9-16,19-22,28-32,35H,1-2,17-18,23-27H2,3-8H3/t28-,29+,30-,31-,32-,35+/m0/s1. The largest absolute Gasteiger partial charge is 0.404 e. The van der Waals surface area contributed by atoms with Crippen molar-refractivity contribution in [2.45, 2.75) is 128 Å². The monoisotopic (exact) mass is 590 g/mol. The van der Waals surface area contributed by atoms with Crippen LogP contribution in [-0.4, -0.2) is 44.6 Å². The van der Waals surface area contributed by atoms with Gasteiger partial charge >= 0.3 is 0 Å². The van der Waals surface area contributed by atoms with Gasteiger partial charge in [0.05, 0.1) is 30.5 Å². The lowest BCUT2D eigenvalue weighted by atomic mass is 9.87. The van der Waals surface area contributed by atoms with Crippen molar-refractivity contribution in [2.75, 3.05) is 0 Å². The van der Waals surface area contributed by atoms with Gasteiger partial charge < -0.3 is 18.6 Å². The minimum absolute atomic E-state index is 0.0183. The van der Waals surface area contributed by atoms with Crippen molar-refractivity contribution >= 4 is 18.7 Å². The first kappa shape index (κ1) is 32.9. The van der Waals surface area contributed by atoms with Crippen molar-refractivity contribution in [1.82, 2.24) is 0 Å². The molecule has 2 fully saturated rings. The van der Waals surface area contributed by atoms with Crippen LogP contribution in [0, 0.1) is 5.92 Å². The number of hydrogen-bond donors (Lipinski definition) is 0. The van der Waals surface area contributed by atoms with E-state index >= 15 is 0 Å². The Morgan fingerprint density at radius 3 is 2.05 bits per heavy atom. The first-order valence-corrected chi connectivity index (χ1v) is 17.9. The van der Waals surface area contributed by atoms with E-state index in [1.807, 2.05) is 26.0 Å². The fraction of sp³-hybridized carbons (Fsp3) is 0.568. The first-order chi connectivity index (χ1) is 20.0. The van der Waals surface area contributed by atoms with E-state index in [2.05, 4.69) is 102 Å². The highest BCUT2D eigenvalue weighted by atomic mass is 28.4. The third-order valence-corrected chi connectivity index (χ3v) is 14.1. The van der Waals surface area contributed by atoms with Crippen LogP contribution < -0.4 is 10.4 Å². The number of benzene rings is 2. The summed E-state index contributed by atoms with van der Waals surface area (Å²) in [5, 5.41) is 2.49. The summed E-state index contributed by atoms with van der Waals surface area (Å²) in [6.45, 7) is 21.5. The molecule has 0 aromatic heterocycles. The number of rotatable bonds is 12. The number of hydrogen-bond acceptors (Lipinski definition) is 4. The van der Waals surface area contributed by atoms with Gasteiger partial charge in [0.2, 0.25) is 0 Å². The molecule has 0 radical (unpaired) electrons. The Labute approximate surface area is 256 Å². The van der Waals surface area contributed by atoms with Gasteiger partial charge in [0, 0.05) is 12.8 Å². The fourth-order valence-electron chi connectivity index (χ4n) is 7.11. The molecule has 4 rings (SSSR count). The van der Waals surface area contributed by atoms with Crippen molar-refractivity contribution in [2.24, 2.45) is 5.92 Å². The SMILES string of the molecule is C=CC[C@@H]1CC[C@H](C)[C@@H](C[C@@H]2C[C@H](C[C@H](CC=C)O[Si](c3ccccc3)(c3ccccc3)C(C)(C)C)OC(C)(C)O2)O1. The van der Waals surface area contributed by atoms with Crippen LogP contribution in [-0.2, 0) is 18.6 Å². The Balaban J connectivity index is 1.59. The van der Waals surface area contributed by atoms with Crippen LogP contribution in [0.5, 0.6) is 0 Å². The Morgan fingerprint density at radius 1 is 0.905 bits per heavy atom. The molecule has 230 valence electrons. The Bertz CT molecular complexity index is 1090. The van der Waals surface area contributed by atoms with Gasteiger partial charge in [-0.15, -0.1) is 13.2 Å². The molecule has 5 heteroatoms. The van der Waals surface area contributed by atoms with Gasteiger partial charge in [-0.1, -0.05) is 101 Å². The van der Waals surface area contributed by atoms with Crippen molar-refractivity contribution in [3.8, 4) is 0 Å². The molecule has 2 aliphatic heterocycles. The lowest BCUT2D eigenvalue weighted by Crippen LogP contribution is -2.67. The summed E-state index contributed by atoms with van der Waals surface area (Å²) in [6, 6.07) is 21.8. The second-order valence-electron chi connectivity index (χ2n) is 13.9. The van der Waals surface area contributed by atoms with E-state index in [1.165, 1.54) is 16.8 Å². The summed E-state index contributed by atoms with van der Waals surface area (Å²) in [7, 11) is -2.71. The molecule has 2 aliphatic rings. The van der Waals surface area contributed by atoms with E-state index < -0.39 is 14.1 Å². The van der Waals surface area contributed by atoms with Crippen molar-refractivity contribution in [3.63, 3.8) is 0 Å². The second-order valence-corrected chi connectivity index (χ2v) is 18.1. The highest BCUT2D eigenvalue weighted by molar-refractivity contribution is 6.99. The topological polar surface area (TPSA) is 36.9 Å². The highest BCUT2D eigenvalue weighted by Gasteiger charge is 2.52. The lowest BCUT2D eigenvalue weighted by molar-refractivity contribution is -0.307. The minimum atomic E-state index is -2.71. The maximum Gasteiger partial charge on any atom is 0.261 e. The molecule has 0 bridgehead atoms. The zero-order valence-electron chi connectivity index (χ0n) is 26.9. The summed E-state index contributed by atoms with van der Waals surface area (Å²) >= 11 is 0. The van der Waals surface area contributed by atoms with Crippen molar-refractivity contribution < 1.29 is 18.6 Å². The molecular weight excluding hydrogens is 536 g/mol.